The Bertz CT molecular complexity index is 927. The number of rotatable bonds is 3. The predicted molar refractivity (Wildman–Crippen MR) is 105 cm³/mol. The van der Waals surface area contributed by atoms with E-state index in [2.05, 4.69) is 9.84 Å². The molecule has 2 aliphatic heterocycles. The largest absolute Gasteiger partial charge is 0.465 e. The summed E-state index contributed by atoms with van der Waals surface area (Å²) in [5.41, 5.74) is 2.65. The number of methoxy groups -OCH3 is 1. The van der Waals surface area contributed by atoms with Crippen molar-refractivity contribution in [3.63, 3.8) is 0 Å². The van der Waals surface area contributed by atoms with Gasteiger partial charge in [0, 0.05) is 38.3 Å². The number of hydrogen-bond acceptors (Lipinski definition) is 5. The van der Waals surface area contributed by atoms with Gasteiger partial charge in [0.2, 0.25) is 0 Å². The fourth-order valence-electron chi connectivity index (χ4n) is 3.93. The second-order valence-electron chi connectivity index (χ2n) is 7.34. The standard InChI is InChI=1S/C21H24N4O4/c1-29-21(28)16-7-5-15(6-8-16)19(26)23-10-12-24(13-11-23)20(27)17-14-22-25-9-3-2-4-18(17)25/h5-8,14H,2-4,9-13H2,1H3. The zero-order chi connectivity index (χ0) is 20.4. The summed E-state index contributed by atoms with van der Waals surface area (Å²) in [4.78, 5) is 40.7. The van der Waals surface area contributed by atoms with E-state index in [0.717, 1.165) is 31.5 Å². The normalized spacial score (nSPS) is 16.3. The molecule has 4 rings (SSSR count). The first-order valence-electron chi connectivity index (χ1n) is 9.90. The summed E-state index contributed by atoms with van der Waals surface area (Å²) in [6, 6.07) is 6.43. The van der Waals surface area contributed by atoms with Crippen molar-refractivity contribution in [1.29, 1.82) is 0 Å². The van der Waals surface area contributed by atoms with E-state index in [1.165, 1.54) is 7.11 Å². The molecule has 0 aliphatic carbocycles. The van der Waals surface area contributed by atoms with Crippen LogP contribution in [-0.2, 0) is 17.7 Å². The number of ether oxygens (including phenoxy) is 1. The van der Waals surface area contributed by atoms with Crippen LogP contribution in [0, 0.1) is 0 Å². The number of aryl methyl sites for hydroxylation is 1. The Hall–Kier alpha value is -3.16. The smallest absolute Gasteiger partial charge is 0.337 e. The maximum Gasteiger partial charge on any atom is 0.337 e. The molecule has 2 aliphatic rings. The molecule has 0 bridgehead atoms. The molecule has 29 heavy (non-hydrogen) atoms. The van der Waals surface area contributed by atoms with Gasteiger partial charge in [0.05, 0.1) is 30.1 Å². The van der Waals surface area contributed by atoms with E-state index in [-0.39, 0.29) is 11.8 Å². The van der Waals surface area contributed by atoms with Crippen LogP contribution in [0.4, 0.5) is 0 Å². The third kappa shape index (κ3) is 3.74. The average Bonchev–Trinajstić information content (AvgIpc) is 3.22. The molecule has 0 unspecified atom stereocenters. The number of benzene rings is 1. The SMILES string of the molecule is COC(=O)c1ccc(C(=O)N2CCN(C(=O)c3cnn4c3CCCC4)CC2)cc1. The van der Waals surface area contributed by atoms with Crippen molar-refractivity contribution in [3.8, 4) is 0 Å². The molecule has 3 heterocycles. The third-order valence-corrected chi connectivity index (χ3v) is 5.62. The van der Waals surface area contributed by atoms with Crippen molar-refractivity contribution in [2.45, 2.75) is 25.8 Å². The highest BCUT2D eigenvalue weighted by Gasteiger charge is 2.28. The van der Waals surface area contributed by atoms with Gasteiger partial charge in [0.25, 0.3) is 11.8 Å². The Morgan fingerprint density at radius 3 is 2.14 bits per heavy atom. The van der Waals surface area contributed by atoms with Crippen molar-refractivity contribution in [1.82, 2.24) is 19.6 Å². The predicted octanol–water partition coefficient (Wildman–Crippen LogP) is 1.60. The maximum atomic E-state index is 12.9. The van der Waals surface area contributed by atoms with Gasteiger partial charge in [-0.3, -0.25) is 14.3 Å². The number of aromatic nitrogens is 2. The van der Waals surface area contributed by atoms with Gasteiger partial charge in [-0.1, -0.05) is 0 Å². The zero-order valence-corrected chi connectivity index (χ0v) is 16.5. The van der Waals surface area contributed by atoms with Gasteiger partial charge in [0.1, 0.15) is 0 Å². The van der Waals surface area contributed by atoms with Crippen LogP contribution in [0.2, 0.25) is 0 Å². The van der Waals surface area contributed by atoms with Crippen molar-refractivity contribution in [3.05, 3.63) is 52.8 Å². The molecule has 8 nitrogen and oxygen atoms in total. The second kappa shape index (κ2) is 8.06. The van der Waals surface area contributed by atoms with Crippen LogP contribution < -0.4 is 0 Å². The van der Waals surface area contributed by atoms with Crippen LogP contribution >= 0.6 is 0 Å². The number of nitrogens with zero attached hydrogens (tertiary/aromatic N) is 4. The Morgan fingerprint density at radius 2 is 1.48 bits per heavy atom. The molecule has 0 saturated carbocycles. The number of fused-ring (bicyclic) bond motifs is 1. The summed E-state index contributed by atoms with van der Waals surface area (Å²) >= 11 is 0. The average molecular weight is 396 g/mol. The fourth-order valence-corrected chi connectivity index (χ4v) is 3.93. The summed E-state index contributed by atoms with van der Waals surface area (Å²) in [7, 11) is 1.32. The lowest BCUT2D eigenvalue weighted by Crippen LogP contribution is -2.50. The molecular weight excluding hydrogens is 372 g/mol. The van der Waals surface area contributed by atoms with Gasteiger partial charge in [-0.05, 0) is 43.5 Å². The quantitative estimate of drug-likeness (QED) is 0.736. The number of hydrogen-bond donors (Lipinski definition) is 0. The van der Waals surface area contributed by atoms with Crippen molar-refractivity contribution in [2.75, 3.05) is 33.3 Å². The first kappa shape index (κ1) is 19.2. The monoisotopic (exact) mass is 396 g/mol. The minimum absolute atomic E-state index is 0.00248. The summed E-state index contributed by atoms with van der Waals surface area (Å²) in [5.74, 6) is -0.530. The third-order valence-electron chi connectivity index (χ3n) is 5.62. The van der Waals surface area contributed by atoms with Gasteiger partial charge in [-0.2, -0.15) is 5.10 Å². The highest BCUT2D eigenvalue weighted by molar-refractivity contribution is 5.97. The maximum absolute atomic E-state index is 12.9. The minimum atomic E-state index is -0.432. The van der Waals surface area contributed by atoms with E-state index >= 15 is 0 Å². The minimum Gasteiger partial charge on any atom is -0.465 e. The Balaban J connectivity index is 1.38. The number of carbonyl (C=O) groups is 3. The number of carbonyl (C=O) groups excluding carboxylic acids is 3. The number of esters is 1. The summed E-state index contributed by atoms with van der Waals surface area (Å²) in [6.07, 6.45) is 4.76. The lowest BCUT2D eigenvalue weighted by Gasteiger charge is -2.35. The van der Waals surface area contributed by atoms with Crippen molar-refractivity contribution in [2.24, 2.45) is 0 Å². The van der Waals surface area contributed by atoms with E-state index in [4.69, 9.17) is 0 Å². The topological polar surface area (TPSA) is 84.7 Å². The van der Waals surface area contributed by atoms with E-state index in [1.807, 2.05) is 4.68 Å². The molecular formula is C21H24N4O4. The second-order valence-corrected chi connectivity index (χ2v) is 7.34. The molecule has 2 amide bonds. The molecule has 0 spiro atoms. The lowest BCUT2D eigenvalue weighted by molar-refractivity contribution is 0.0534. The molecule has 8 heteroatoms. The van der Waals surface area contributed by atoms with Gasteiger partial charge in [-0.25, -0.2) is 4.79 Å². The molecule has 1 saturated heterocycles. The first-order valence-corrected chi connectivity index (χ1v) is 9.90. The summed E-state index contributed by atoms with van der Waals surface area (Å²) in [5, 5.41) is 4.35. The molecule has 0 radical (unpaired) electrons. The van der Waals surface area contributed by atoms with Crippen LogP contribution in [0.3, 0.4) is 0 Å². The first-order chi connectivity index (χ1) is 14.1. The van der Waals surface area contributed by atoms with E-state index < -0.39 is 5.97 Å². The fraction of sp³-hybridized carbons (Fsp3) is 0.429. The Labute approximate surface area is 169 Å². The number of amides is 2. The molecule has 2 aromatic rings. The van der Waals surface area contributed by atoms with Gasteiger partial charge < -0.3 is 14.5 Å². The van der Waals surface area contributed by atoms with Crippen molar-refractivity contribution >= 4 is 17.8 Å². The van der Waals surface area contributed by atoms with Crippen LogP contribution in [0.15, 0.2) is 30.5 Å². The van der Waals surface area contributed by atoms with Gasteiger partial charge in [-0.15, -0.1) is 0 Å². The van der Waals surface area contributed by atoms with E-state index in [0.29, 0.717) is 42.9 Å². The molecule has 0 N–H and O–H groups in total. The van der Waals surface area contributed by atoms with Crippen LogP contribution in [0.25, 0.3) is 0 Å². The highest BCUT2D eigenvalue weighted by atomic mass is 16.5. The molecule has 1 aromatic carbocycles. The highest BCUT2D eigenvalue weighted by Crippen LogP contribution is 2.20. The van der Waals surface area contributed by atoms with Crippen molar-refractivity contribution < 1.29 is 19.1 Å². The van der Waals surface area contributed by atoms with Gasteiger partial charge in [0.15, 0.2) is 0 Å². The molecule has 152 valence electrons. The zero-order valence-electron chi connectivity index (χ0n) is 16.5. The summed E-state index contributed by atoms with van der Waals surface area (Å²) in [6.45, 7) is 2.82. The van der Waals surface area contributed by atoms with Gasteiger partial charge >= 0.3 is 5.97 Å². The van der Waals surface area contributed by atoms with Crippen LogP contribution in [0.5, 0.6) is 0 Å². The van der Waals surface area contributed by atoms with Crippen LogP contribution in [-0.4, -0.2) is 70.7 Å². The molecule has 1 fully saturated rings. The molecule has 0 atom stereocenters. The van der Waals surface area contributed by atoms with E-state index in [1.54, 1.807) is 40.3 Å². The summed E-state index contributed by atoms with van der Waals surface area (Å²) < 4.78 is 6.61. The molecule has 1 aromatic heterocycles. The lowest BCUT2D eigenvalue weighted by atomic mass is 10.1. The number of piperazine rings is 1. The van der Waals surface area contributed by atoms with E-state index in [9.17, 15) is 14.4 Å². The van der Waals surface area contributed by atoms with Crippen LogP contribution in [0.1, 0.15) is 49.6 Å². The Kier molecular flexibility index (Phi) is 5.33. The Morgan fingerprint density at radius 1 is 0.862 bits per heavy atom.